The summed E-state index contributed by atoms with van der Waals surface area (Å²) < 4.78 is 17.6. The van der Waals surface area contributed by atoms with Gasteiger partial charge in [0.05, 0.1) is 12.2 Å². The third-order valence-corrected chi connectivity index (χ3v) is 4.51. The normalized spacial score (nSPS) is 24.7. The first-order valence-electron chi connectivity index (χ1n) is 7.45. The Hall–Kier alpha value is -1.17. The third-order valence-electron chi connectivity index (χ3n) is 4.27. The molecule has 0 bridgehead atoms. The number of nitrogens with two attached hydrogens (primary N) is 1. The van der Waals surface area contributed by atoms with Gasteiger partial charge in [0.2, 0.25) is 0 Å². The zero-order valence-corrected chi connectivity index (χ0v) is 12.9. The molecule has 0 amide bonds. The monoisotopic (exact) mass is 307 g/mol. The van der Waals surface area contributed by atoms with Crippen LogP contribution in [-0.2, 0) is 9.47 Å². The summed E-state index contributed by atoms with van der Waals surface area (Å²) >= 11 is 5.01. The molecule has 1 unspecified atom stereocenters. The van der Waals surface area contributed by atoms with E-state index in [9.17, 15) is 0 Å². The van der Waals surface area contributed by atoms with Gasteiger partial charge < -0.3 is 19.9 Å². The van der Waals surface area contributed by atoms with Crippen LogP contribution in [0.2, 0.25) is 0 Å². The zero-order chi connectivity index (χ0) is 14.7. The molecule has 1 aromatic carbocycles. The van der Waals surface area contributed by atoms with Crippen LogP contribution in [0.15, 0.2) is 24.3 Å². The van der Waals surface area contributed by atoms with Crippen LogP contribution in [0.1, 0.15) is 31.2 Å². The maximum absolute atomic E-state index is 6.14. The SMILES string of the molecule is NC(=S)c1cccc(OC2CCOC3(CCOCC3)C2)c1. The molecule has 0 saturated carbocycles. The van der Waals surface area contributed by atoms with Crippen molar-refractivity contribution in [1.82, 2.24) is 0 Å². The third kappa shape index (κ3) is 3.54. The molecule has 2 saturated heterocycles. The van der Waals surface area contributed by atoms with Crippen molar-refractivity contribution in [2.75, 3.05) is 19.8 Å². The molecule has 4 nitrogen and oxygen atoms in total. The van der Waals surface area contributed by atoms with E-state index in [1.165, 1.54) is 0 Å². The van der Waals surface area contributed by atoms with Gasteiger partial charge in [-0.05, 0) is 25.0 Å². The van der Waals surface area contributed by atoms with Gasteiger partial charge in [0, 0.05) is 31.6 Å². The molecule has 1 spiro atoms. The Morgan fingerprint density at radius 2 is 2.10 bits per heavy atom. The molecule has 2 aliphatic rings. The largest absolute Gasteiger partial charge is 0.490 e. The predicted molar refractivity (Wildman–Crippen MR) is 84.7 cm³/mol. The molecular formula is C16H21NO3S. The van der Waals surface area contributed by atoms with E-state index in [1.807, 2.05) is 24.3 Å². The van der Waals surface area contributed by atoms with Crippen molar-refractivity contribution in [3.63, 3.8) is 0 Å². The molecule has 1 atom stereocenters. The van der Waals surface area contributed by atoms with E-state index in [2.05, 4.69) is 0 Å². The van der Waals surface area contributed by atoms with Crippen molar-refractivity contribution in [2.45, 2.75) is 37.4 Å². The lowest BCUT2D eigenvalue weighted by Gasteiger charge is -2.43. The van der Waals surface area contributed by atoms with Gasteiger partial charge in [0.25, 0.3) is 0 Å². The Kier molecular flexibility index (Phi) is 4.42. The highest BCUT2D eigenvalue weighted by Gasteiger charge is 2.39. The second-order valence-corrected chi connectivity index (χ2v) is 6.21. The van der Waals surface area contributed by atoms with E-state index in [0.717, 1.165) is 56.8 Å². The minimum absolute atomic E-state index is 0.0536. The van der Waals surface area contributed by atoms with E-state index in [0.29, 0.717) is 4.99 Å². The van der Waals surface area contributed by atoms with Crippen molar-refractivity contribution in [3.8, 4) is 5.75 Å². The molecule has 3 rings (SSSR count). The van der Waals surface area contributed by atoms with Crippen LogP contribution in [0.4, 0.5) is 0 Å². The minimum atomic E-state index is -0.0536. The van der Waals surface area contributed by atoms with Gasteiger partial charge >= 0.3 is 0 Å². The molecule has 0 aromatic heterocycles. The van der Waals surface area contributed by atoms with Gasteiger partial charge in [-0.2, -0.15) is 0 Å². The number of thiocarbonyl (C=S) groups is 1. The van der Waals surface area contributed by atoms with Crippen molar-refractivity contribution >= 4 is 17.2 Å². The first kappa shape index (κ1) is 14.8. The van der Waals surface area contributed by atoms with Gasteiger partial charge in [-0.15, -0.1) is 0 Å². The number of benzene rings is 1. The van der Waals surface area contributed by atoms with Crippen LogP contribution in [0, 0.1) is 0 Å². The Labute approximate surface area is 130 Å². The van der Waals surface area contributed by atoms with Crippen molar-refractivity contribution in [2.24, 2.45) is 5.73 Å². The minimum Gasteiger partial charge on any atom is -0.490 e. The first-order valence-corrected chi connectivity index (χ1v) is 7.86. The van der Waals surface area contributed by atoms with Crippen LogP contribution in [0.3, 0.4) is 0 Å². The fourth-order valence-electron chi connectivity index (χ4n) is 3.09. The maximum atomic E-state index is 6.14. The maximum Gasteiger partial charge on any atom is 0.120 e. The number of hydrogen-bond acceptors (Lipinski definition) is 4. The highest BCUT2D eigenvalue weighted by Crippen LogP contribution is 2.35. The number of hydrogen-bond donors (Lipinski definition) is 1. The fraction of sp³-hybridized carbons (Fsp3) is 0.562. The first-order chi connectivity index (χ1) is 10.2. The topological polar surface area (TPSA) is 53.7 Å². The summed E-state index contributed by atoms with van der Waals surface area (Å²) in [5.41, 5.74) is 6.46. The van der Waals surface area contributed by atoms with Crippen LogP contribution < -0.4 is 10.5 Å². The van der Waals surface area contributed by atoms with Gasteiger partial charge in [-0.3, -0.25) is 0 Å². The van der Waals surface area contributed by atoms with Gasteiger partial charge in [0.1, 0.15) is 16.8 Å². The van der Waals surface area contributed by atoms with Gasteiger partial charge in [-0.1, -0.05) is 24.4 Å². The zero-order valence-electron chi connectivity index (χ0n) is 12.0. The lowest BCUT2D eigenvalue weighted by molar-refractivity contribution is -0.155. The Balaban J connectivity index is 1.67. The van der Waals surface area contributed by atoms with E-state index >= 15 is 0 Å². The molecule has 2 aliphatic heterocycles. The van der Waals surface area contributed by atoms with E-state index in [4.69, 9.17) is 32.2 Å². The molecule has 21 heavy (non-hydrogen) atoms. The summed E-state index contributed by atoms with van der Waals surface area (Å²) in [5, 5.41) is 0. The highest BCUT2D eigenvalue weighted by molar-refractivity contribution is 7.80. The average molecular weight is 307 g/mol. The Morgan fingerprint density at radius 3 is 2.86 bits per heavy atom. The number of ether oxygens (including phenoxy) is 3. The second kappa shape index (κ2) is 6.30. The molecule has 2 N–H and O–H groups in total. The summed E-state index contributed by atoms with van der Waals surface area (Å²) in [6.45, 7) is 2.31. The quantitative estimate of drug-likeness (QED) is 0.869. The molecule has 2 fully saturated rings. The van der Waals surface area contributed by atoms with Crippen LogP contribution in [-0.4, -0.2) is 36.5 Å². The van der Waals surface area contributed by atoms with Crippen molar-refractivity contribution in [1.29, 1.82) is 0 Å². The van der Waals surface area contributed by atoms with Gasteiger partial charge in [-0.25, -0.2) is 0 Å². The molecule has 5 heteroatoms. The van der Waals surface area contributed by atoms with Crippen molar-refractivity contribution in [3.05, 3.63) is 29.8 Å². The number of rotatable bonds is 3. The molecule has 1 aromatic rings. The lowest BCUT2D eigenvalue weighted by Crippen LogP contribution is -2.47. The standard InChI is InChI=1S/C16H21NO3S/c17-15(21)12-2-1-3-13(10-12)20-14-4-7-19-16(11-14)5-8-18-9-6-16/h1-3,10,14H,4-9,11H2,(H2,17,21). The summed E-state index contributed by atoms with van der Waals surface area (Å²) in [6, 6.07) is 7.69. The van der Waals surface area contributed by atoms with E-state index < -0.39 is 0 Å². The smallest absolute Gasteiger partial charge is 0.120 e. The Bertz CT molecular complexity index is 508. The summed E-state index contributed by atoms with van der Waals surface area (Å²) in [5.74, 6) is 0.828. The van der Waals surface area contributed by atoms with Crippen LogP contribution in [0.25, 0.3) is 0 Å². The highest BCUT2D eigenvalue weighted by atomic mass is 32.1. The second-order valence-electron chi connectivity index (χ2n) is 5.77. The summed E-state index contributed by atoms with van der Waals surface area (Å²) in [7, 11) is 0. The van der Waals surface area contributed by atoms with Crippen molar-refractivity contribution < 1.29 is 14.2 Å². The van der Waals surface area contributed by atoms with Gasteiger partial charge in [0.15, 0.2) is 0 Å². The molecule has 0 aliphatic carbocycles. The summed E-state index contributed by atoms with van der Waals surface area (Å²) in [4.78, 5) is 0.397. The molecule has 114 valence electrons. The molecule has 0 radical (unpaired) electrons. The van der Waals surface area contributed by atoms with Crippen LogP contribution >= 0.6 is 12.2 Å². The molecule has 2 heterocycles. The van der Waals surface area contributed by atoms with Crippen LogP contribution in [0.5, 0.6) is 5.75 Å². The fourth-order valence-corrected chi connectivity index (χ4v) is 3.22. The van der Waals surface area contributed by atoms with E-state index in [-0.39, 0.29) is 11.7 Å². The lowest BCUT2D eigenvalue weighted by atomic mass is 9.85. The molecular weight excluding hydrogens is 286 g/mol. The average Bonchev–Trinajstić information content (AvgIpc) is 2.48. The summed E-state index contributed by atoms with van der Waals surface area (Å²) in [6.07, 6.45) is 3.94. The Morgan fingerprint density at radius 1 is 1.29 bits per heavy atom. The van der Waals surface area contributed by atoms with E-state index in [1.54, 1.807) is 0 Å². The predicted octanol–water partition coefficient (Wildman–Crippen LogP) is 2.43.